The van der Waals surface area contributed by atoms with Crippen LogP contribution in [0.1, 0.15) is 50.4 Å². The molecule has 5 rings (SSSR count). The van der Waals surface area contributed by atoms with Crippen LogP contribution in [0.5, 0.6) is 0 Å². The van der Waals surface area contributed by atoms with Gasteiger partial charge in [0.1, 0.15) is 0 Å². The number of rotatable bonds is 2. The Kier molecular flexibility index (Phi) is 4.30. The lowest BCUT2D eigenvalue weighted by molar-refractivity contribution is 0.298. The van der Waals surface area contributed by atoms with Gasteiger partial charge in [-0.3, -0.25) is 4.98 Å². The van der Waals surface area contributed by atoms with Crippen molar-refractivity contribution in [1.82, 2.24) is 10.3 Å². The van der Waals surface area contributed by atoms with Crippen LogP contribution >= 0.6 is 0 Å². The molecule has 0 saturated carbocycles. The highest BCUT2D eigenvalue weighted by atomic mass is 15.0. The van der Waals surface area contributed by atoms with Crippen molar-refractivity contribution in [1.29, 1.82) is 0 Å². The van der Waals surface area contributed by atoms with Crippen LogP contribution in [0.4, 0.5) is 0 Å². The SMILES string of the molecule is CC.CCc1cc(C)nc2ccc(C3=CC4CC(C3)N4)cc12. The third kappa shape index (κ3) is 2.68. The van der Waals surface area contributed by atoms with Crippen molar-refractivity contribution >= 4 is 16.5 Å². The Bertz CT molecular complexity index is 709. The third-order valence-corrected chi connectivity index (χ3v) is 4.63. The van der Waals surface area contributed by atoms with Crippen molar-refractivity contribution < 1.29 is 0 Å². The summed E-state index contributed by atoms with van der Waals surface area (Å²) in [4.78, 5) is 4.66. The zero-order chi connectivity index (χ0) is 15.7. The second kappa shape index (κ2) is 6.21. The van der Waals surface area contributed by atoms with E-state index in [2.05, 4.69) is 54.5 Å². The molecule has 1 aliphatic carbocycles. The molecule has 1 aromatic heterocycles. The van der Waals surface area contributed by atoms with E-state index in [1.54, 1.807) is 0 Å². The first-order chi connectivity index (χ1) is 10.7. The van der Waals surface area contributed by atoms with Gasteiger partial charge >= 0.3 is 0 Å². The van der Waals surface area contributed by atoms with Crippen LogP contribution in [0.25, 0.3) is 16.5 Å². The number of pyridine rings is 1. The van der Waals surface area contributed by atoms with Crippen LogP contribution in [0, 0.1) is 6.92 Å². The van der Waals surface area contributed by atoms with Gasteiger partial charge < -0.3 is 5.32 Å². The number of hydrogen-bond acceptors (Lipinski definition) is 2. The minimum atomic E-state index is 0.612. The van der Waals surface area contributed by atoms with E-state index < -0.39 is 0 Å². The standard InChI is InChI=1S/C18H20N2.C2H6/c1-3-12-6-11(2)19-18-5-4-13(9-17(12)18)14-7-15-10-16(8-14)20-15;1-2/h4-7,9,15-16,20H,3,8,10H2,1-2H3;1-2H3. The van der Waals surface area contributed by atoms with E-state index in [9.17, 15) is 0 Å². The molecule has 2 nitrogen and oxygen atoms in total. The van der Waals surface area contributed by atoms with E-state index in [0.717, 1.165) is 17.6 Å². The fourth-order valence-corrected chi connectivity index (χ4v) is 3.57. The van der Waals surface area contributed by atoms with E-state index in [-0.39, 0.29) is 0 Å². The Hall–Kier alpha value is -1.67. The minimum Gasteiger partial charge on any atom is -0.307 e. The normalized spacial score (nSPS) is 22.5. The van der Waals surface area contributed by atoms with Crippen LogP contribution < -0.4 is 5.32 Å². The fourth-order valence-electron chi connectivity index (χ4n) is 3.57. The lowest BCUT2D eigenvalue weighted by Gasteiger charge is -2.41. The molecule has 3 heterocycles. The summed E-state index contributed by atoms with van der Waals surface area (Å²) in [5.41, 5.74) is 6.55. The smallest absolute Gasteiger partial charge is 0.0708 e. The molecule has 116 valence electrons. The summed E-state index contributed by atoms with van der Waals surface area (Å²) >= 11 is 0. The zero-order valence-corrected chi connectivity index (χ0v) is 14.1. The Labute approximate surface area is 133 Å². The monoisotopic (exact) mass is 294 g/mol. The second-order valence-electron chi connectivity index (χ2n) is 6.11. The fraction of sp³-hybridized carbons (Fsp3) is 0.450. The van der Waals surface area contributed by atoms with E-state index in [1.165, 1.54) is 34.9 Å². The predicted molar refractivity (Wildman–Crippen MR) is 95.1 cm³/mol. The lowest BCUT2D eigenvalue weighted by Crippen LogP contribution is -2.53. The topological polar surface area (TPSA) is 24.9 Å². The van der Waals surface area contributed by atoms with Gasteiger partial charge in [0.25, 0.3) is 0 Å². The van der Waals surface area contributed by atoms with Crippen LogP contribution in [-0.4, -0.2) is 17.1 Å². The van der Waals surface area contributed by atoms with Crippen LogP contribution in [0.15, 0.2) is 30.3 Å². The van der Waals surface area contributed by atoms with Gasteiger partial charge in [0, 0.05) is 23.2 Å². The maximum absolute atomic E-state index is 4.66. The molecule has 1 saturated heterocycles. The van der Waals surface area contributed by atoms with Gasteiger partial charge in [0.05, 0.1) is 5.52 Å². The molecular weight excluding hydrogens is 268 g/mol. The van der Waals surface area contributed by atoms with Gasteiger partial charge in [-0.05, 0) is 61.1 Å². The molecule has 1 aromatic carbocycles. The number of aromatic nitrogens is 1. The lowest BCUT2D eigenvalue weighted by atomic mass is 9.81. The zero-order valence-electron chi connectivity index (χ0n) is 14.1. The molecular formula is C20H26N2. The maximum atomic E-state index is 4.66. The predicted octanol–water partition coefficient (Wildman–Crippen LogP) is 4.65. The second-order valence-corrected chi connectivity index (χ2v) is 6.11. The molecule has 0 radical (unpaired) electrons. The van der Waals surface area contributed by atoms with Gasteiger partial charge in [-0.15, -0.1) is 0 Å². The van der Waals surface area contributed by atoms with Crippen molar-refractivity contribution in [3.05, 3.63) is 47.2 Å². The molecule has 3 aliphatic rings. The van der Waals surface area contributed by atoms with Gasteiger partial charge in [0.15, 0.2) is 0 Å². The minimum absolute atomic E-state index is 0.612. The van der Waals surface area contributed by atoms with Crippen LogP contribution in [0.2, 0.25) is 0 Å². The molecule has 22 heavy (non-hydrogen) atoms. The summed E-state index contributed by atoms with van der Waals surface area (Å²) in [6.45, 7) is 8.30. The van der Waals surface area contributed by atoms with Gasteiger partial charge in [-0.1, -0.05) is 32.9 Å². The van der Waals surface area contributed by atoms with Crippen molar-refractivity contribution in [2.75, 3.05) is 0 Å². The highest BCUT2D eigenvalue weighted by Crippen LogP contribution is 2.34. The first-order valence-electron chi connectivity index (χ1n) is 8.60. The largest absolute Gasteiger partial charge is 0.307 e. The first-order valence-corrected chi connectivity index (χ1v) is 8.60. The van der Waals surface area contributed by atoms with E-state index >= 15 is 0 Å². The van der Waals surface area contributed by atoms with Crippen LogP contribution in [-0.2, 0) is 6.42 Å². The molecule has 0 amide bonds. The highest BCUT2D eigenvalue weighted by Gasteiger charge is 2.32. The summed E-state index contributed by atoms with van der Waals surface area (Å²) in [6.07, 6.45) is 5.96. The number of fused-ring (bicyclic) bond motifs is 2. The maximum Gasteiger partial charge on any atom is 0.0708 e. The highest BCUT2D eigenvalue weighted by molar-refractivity contribution is 5.86. The average Bonchev–Trinajstić information content (AvgIpc) is 2.55. The number of nitrogens with zero attached hydrogens (tertiary/aromatic N) is 1. The molecule has 2 unspecified atom stereocenters. The van der Waals surface area contributed by atoms with Crippen molar-refractivity contribution in [2.45, 2.75) is 59.0 Å². The van der Waals surface area contributed by atoms with Crippen molar-refractivity contribution in [2.24, 2.45) is 0 Å². The summed E-state index contributed by atoms with van der Waals surface area (Å²) in [5, 5.41) is 4.88. The summed E-state index contributed by atoms with van der Waals surface area (Å²) in [6, 6.07) is 10.3. The molecule has 1 N–H and O–H groups in total. The average molecular weight is 294 g/mol. The molecule has 1 fully saturated rings. The molecule has 2 atom stereocenters. The third-order valence-electron chi connectivity index (χ3n) is 4.63. The Balaban J connectivity index is 0.000000693. The van der Waals surface area contributed by atoms with Crippen molar-refractivity contribution in [3.63, 3.8) is 0 Å². The number of benzene rings is 1. The van der Waals surface area contributed by atoms with E-state index in [1.807, 2.05) is 13.8 Å². The Morgan fingerprint density at radius 1 is 1.23 bits per heavy atom. The Morgan fingerprint density at radius 2 is 2.00 bits per heavy atom. The summed E-state index contributed by atoms with van der Waals surface area (Å²) in [7, 11) is 0. The Morgan fingerprint density at radius 3 is 2.64 bits per heavy atom. The number of aryl methyl sites for hydroxylation is 2. The molecule has 2 bridgehead atoms. The molecule has 2 heteroatoms. The van der Waals surface area contributed by atoms with Crippen LogP contribution in [0.3, 0.4) is 0 Å². The molecule has 2 aliphatic heterocycles. The number of hydrogen-bond donors (Lipinski definition) is 1. The quantitative estimate of drug-likeness (QED) is 0.872. The van der Waals surface area contributed by atoms with Gasteiger partial charge in [0.2, 0.25) is 0 Å². The molecule has 0 spiro atoms. The molecule has 2 aromatic rings. The summed E-state index contributed by atoms with van der Waals surface area (Å²) in [5.74, 6) is 0. The van der Waals surface area contributed by atoms with Gasteiger partial charge in [-0.2, -0.15) is 0 Å². The summed E-state index contributed by atoms with van der Waals surface area (Å²) < 4.78 is 0. The first kappa shape index (κ1) is 15.2. The number of nitrogens with one attached hydrogen (secondary N) is 1. The van der Waals surface area contributed by atoms with E-state index in [0.29, 0.717) is 12.1 Å². The van der Waals surface area contributed by atoms with Crippen molar-refractivity contribution in [3.8, 4) is 0 Å². The van der Waals surface area contributed by atoms with E-state index in [4.69, 9.17) is 0 Å². The van der Waals surface area contributed by atoms with Gasteiger partial charge in [-0.25, -0.2) is 0 Å².